The van der Waals surface area contributed by atoms with Crippen LogP contribution in [-0.4, -0.2) is 51.5 Å². The predicted molar refractivity (Wildman–Crippen MR) is 94.4 cm³/mol. The Morgan fingerprint density at radius 2 is 1.85 bits per heavy atom. The number of likely N-dealkylation sites (tertiary alicyclic amines) is 1. The van der Waals surface area contributed by atoms with Gasteiger partial charge in [0.25, 0.3) is 0 Å². The molecule has 26 heavy (non-hydrogen) atoms. The second-order valence-corrected chi connectivity index (χ2v) is 8.90. The normalized spacial score (nSPS) is 21.6. The van der Waals surface area contributed by atoms with Gasteiger partial charge in [0.2, 0.25) is 5.78 Å². The van der Waals surface area contributed by atoms with Crippen LogP contribution in [0.25, 0.3) is 0 Å². The Hall–Kier alpha value is -1.67. The van der Waals surface area contributed by atoms with Gasteiger partial charge in [-0.05, 0) is 56.1 Å². The summed E-state index contributed by atoms with van der Waals surface area (Å²) in [6, 6.07) is 2.34. The highest BCUT2D eigenvalue weighted by Crippen LogP contribution is 2.34. The van der Waals surface area contributed by atoms with E-state index < -0.39 is 46.5 Å². The molecule has 1 heterocycles. The Morgan fingerprint density at radius 3 is 2.35 bits per heavy atom. The van der Waals surface area contributed by atoms with Gasteiger partial charge in [-0.2, -0.15) is 0 Å². The molecule has 1 aliphatic heterocycles. The summed E-state index contributed by atoms with van der Waals surface area (Å²) in [5, 5.41) is 0. The van der Waals surface area contributed by atoms with Crippen LogP contribution in [-0.2, 0) is 20.7 Å². The molecule has 144 valence electrons. The molecule has 0 aromatic heterocycles. The number of ketones is 1. The number of nitrogens with zero attached hydrogens (tertiary/aromatic N) is 1. The van der Waals surface area contributed by atoms with E-state index in [1.165, 1.54) is 23.3 Å². The lowest BCUT2D eigenvalue weighted by atomic mass is 9.95. The Bertz CT molecular complexity index is 670. The van der Waals surface area contributed by atoms with Crippen LogP contribution in [0.1, 0.15) is 38.7 Å². The van der Waals surface area contributed by atoms with Gasteiger partial charge in [-0.3, -0.25) is 9.69 Å². The highest BCUT2D eigenvalue weighted by molar-refractivity contribution is 7.91. The maximum atomic E-state index is 13.5. The third-order valence-electron chi connectivity index (χ3n) is 4.00. The van der Waals surface area contributed by atoms with Crippen LogP contribution in [0.15, 0.2) is 18.2 Å². The number of hydrogen-bond acceptors (Lipinski definition) is 4. The molecule has 1 aliphatic rings. The summed E-state index contributed by atoms with van der Waals surface area (Å²) in [6.07, 6.45) is 0.944. The van der Waals surface area contributed by atoms with Crippen molar-refractivity contribution in [2.45, 2.75) is 44.8 Å². The lowest BCUT2D eigenvalue weighted by Crippen LogP contribution is -2.45. The SMILES string of the molecule is C[S+]([O-])CC(=O)C1C[C@@H](c2cc(F)cc(F)c2)CN1C(=O)OC(C)(C)C. The lowest BCUT2D eigenvalue weighted by Gasteiger charge is -2.27. The van der Waals surface area contributed by atoms with Crippen LogP contribution < -0.4 is 0 Å². The fourth-order valence-corrected chi connectivity index (χ4v) is 3.61. The molecule has 0 aliphatic carbocycles. The first-order chi connectivity index (χ1) is 12.0. The number of Topliss-reactive ketones (excluding diaryl/α,β-unsaturated/α-hetero) is 1. The summed E-state index contributed by atoms with van der Waals surface area (Å²) in [7, 11) is 0. The predicted octanol–water partition coefficient (Wildman–Crippen LogP) is 3.01. The van der Waals surface area contributed by atoms with Crippen molar-refractivity contribution in [1.82, 2.24) is 4.90 Å². The topological polar surface area (TPSA) is 69.7 Å². The van der Waals surface area contributed by atoms with Crippen molar-refractivity contribution in [3.63, 3.8) is 0 Å². The molecule has 2 unspecified atom stereocenters. The smallest absolute Gasteiger partial charge is 0.410 e. The van der Waals surface area contributed by atoms with Crippen molar-refractivity contribution in [3.8, 4) is 0 Å². The molecule has 1 aromatic carbocycles. The second kappa shape index (κ2) is 7.92. The summed E-state index contributed by atoms with van der Waals surface area (Å²) in [5.41, 5.74) is -0.370. The molecule has 0 spiro atoms. The van der Waals surface area contributed by atoms with E-state index in [4.69, 9.17) is 4.74 Å². The van der Waals surface area contributed by atoms with Crippen molar-refractivity contribution in [2.75, 3.05) is 18.6 Å². The van der Waals surface area contributed by atoms with E-state index in [0.29, 0.717) is 5.56 Å². The molecular weight excluding hydrogens is 364 g/mol. The van der Waals surface area contributed by atoms with Crippen molar-refractivity contribution in [2.24, 2.45) is 0 Å². The molecule has 1 amide bonds. The number of ether oxygens (including phenoxy) is 1. The van der Waals surface area contributed by atoms with Gasteiger partial charge in [-0.25, -0.2) is 13.6 Å². The van der Waals surface area contributed by atoms with Gasteiger partial charge in [0.05, 0.1) is 12.3 Å². The molecule has 1 saturated heterocycles. The molecule has 0 saturated carbocycles. The average molecular weight is 387 g/mol. The molecule has 1 fully saturated rings. The van der Waals surface area contributed by atoms with E-state index in [2.05, 4.69) is 0 Å². The summed E-state index contributed by atoms with van der Waals surface area (Å²) in [4.78, 5) is 26.2. The van der Waals surface area contributed by atoms with Crippen molar-refractivity contribution < 1.29 is 27.7 Å². The highest BCUT2D eigenvalue weighted by Gasteiger charge is 2.42. The molecule has 8 heteroatoms. The van der Waals surface area contributed by atoms with Crippen LogP contribution in [0.4, 0.5) is 13.6 Å². The molecule has 0 N–H and O–H groups in total. The van der Waals surface area contributed by atoms with E-state index in [1.54, 1.807) is 20.8 Å². The maximum absolute atomic E-state index is 13.5. The molecule has 3 atom stereocenters. The standard InChI is InChI=1S/C18H23F2NO4S/c1-18(2,3)25-17(23)21-9-12(7-15(21)16(22)10-26(4)24)11-5-13(19)8-14(20)6-11/h5-6,8,12,15H,7,9-10H2,1-4H3/t12-,15?,26?/m1/s1. The first-order valence-electron chi connectivity index (χ1n) is 8.24. The first kappa shape index (κ1) is 20.6. The van der Waals surface area contributed by atoms with Gasteiger partial charge in [0.15, 0.2) is 5.75 Å². The average Bonchev–Trinajstić information content (AvgIpc) is 2.89. The monoisotopic (exact) mass is 387 g/mol. The maximum Gasteiger partial charge on any atom is 0.410 e. The van der Waals surface area contributed by atoms with Gasteiger partial charge in [-0.15, -0.1) is 0 Å². The fraction of sp³-hybridized carbons (Fsp3) is 0.556. The highest BCUT2D eigenvalue weighted by atomic mass is 32.2. The number of carbonyl (C=O) groups excluding carboxylic acids is 2. The van der Waals surface area contributed by atoms with Crippen LogP contribution in [0, 0.1) is 11.6 Å². The first-order valence-corrected chi connectivity index (χ1v) is 9.97. The number of carbonyl (C=O) groups is 2. The van der Waals surface area contributed by atoms with Crippen LogP contribution in [0.2, 0.25) is 0 Å². The van der Waals surface area contributed by atoms with Crippen molar-refractivity contribution in [3.05, 3.63) is 35.4 Å². The molecule has 5 nitrogen and oxygen atoms in total. The van der Waals surface area contributed by atoms with E-state index in [0.717, 1.165) is 6.07 Å². The Labute approximate surface area is 154 Å². The zero-order valence-electron chi connectivity index (χ0n) is 15.3. The van der Waals surface area contributed by atoms with Crippen LogP contribution in [0.5, 0.6) is 0 Å². The number of rotatable bonds is 4. The zero-order valence-corrected chi connectivity index (χ0v) is 16.1. The lowest BCUT2D eigenvalue weighted by molar-refractivity contribution is -0.120. The minimum absolute atomic E-state index is 0.102. The number of amides is 1. The van der Waals surface area contributed by atoms with Crippen molar-refractivity contribution >= 4 is 23.1 Å². The van der Waals surface area contributed by atoms with E-state index in [1.807, 2.05) is 0 Å². The van der Waals surface area contributed by atoms with Crippen molar-refractivity contribution in [1.29, 1.82) is 0 Å². The quantitative estimate of drug-likeness (QED) is 0.745. The fourth-order valence-electron chi connectivity index (χ4n) is 3.01. The van der Waals surface area contributed by atoms with Crippen LogP contribution >= 0.6 is 0 Å². The third kappa shape index (κ3) is 5.41. The Kier molecular flexibility index (Phi) is 6.29. The van der Waals surface area contributed by atoms with Gasteiger partial charge in [0, 0.05) is 18.5 Å². The zero-order chi connectivity index (χ0) is 19.6. The molecule has 0 bridgehead atoms. The Morgan fingerprint density at radius 1 is 1.27 bits per heavy atom. The third-order valence-corrected chi connectivity index (χ3v) is 4.69. The second-order valence-electron chi connectivity index (χ2n) is 7.47. The summed E-state index contributed by atoms with van der Waals surface area (Å²) < 4.78 is 43.8. The number of halogens is 2. The molecule has 0 radical (unpaired) electrons. The molecular formula is C18H23F2NO4S. The minimum Gasteiger partial charge on any atom is -0.616 e. The number of hydrogen-bond donors (Lipinski definition) is 0. The Balaban J connectivity index is 2.27. The minimum atomic E-state index is -1.35. The van der Waals surface area contributed by atoms with Gasteiger partial charge >= 0.3 is 6.09 Å². The summed E-state index contributed by atoms with van der Waals surface area (Å²) in [6.45, 7) is 5.22. The van der Waals surface area contributed by atoms with E-state index >= 15 is 0 Å². The summed E-state index contributed by atoms with van der Waals surface area (Å²) >= 11 is -1.35. The number of benzene rings is 1. The molecule has 2 rings (SSSR count). The van der Waals surface area contributed by atoms with E-state index in [-0.39, 0.29) is 24.5 Å². The molecule has 1 aromatic rings. The van der Waals surface area contributed by atoms with Gasteiger partial charge in [-0.1, -0.05) is 0 Å². The van der Waals surface area contributed by atoms with E-state index in [9.17, 15) is 22.9 Å². The summed E-state index contributed by atoms with van der Waals surface area (Å²) in [5.74, 6) is -2.38. The van der Waals surface area contributed by atoms with Gasteiger partial charge < -0.3 is 9.29 Å². The largest absolute Gasteiger partial charge is 0.616 e. The van der Waals surface area contributed by atoms with Gasteiger partial charge in [0.1, 0.15) is 17.2 Å². The van der Waals surface area contributed by atoms with Crippen LogP contribution in [0.3, 0.4) is 0 Å².